The van der Waals surface area contributed by atoms with Crippen molar-refractivity contribution in [3.8, 4) is 0 Å². The van der Waals surface area contributed by atoms with E-state index in [0.29, 0.717) is 5.82 Å². The largest absolute Gasteiger partial charge is 0.480 e. The lowest BCUT2D eigenvalue weighted by Crippen LogP contribution is -2.41. The molecule has 0 fully saturated rings. The molecule has 19 heavy (non-hydrogen) atoms. The number of imidazole rings is 1. The van der Waals surface area contributed by atoms with Crippen molar-refractivity contribution in [2.75, 3.05) is 13.2 Å². The number of carboxylic acid groups (broad SMARTS) is 1. The van der Waals surface area contributed by atoms with Gasteiger partial charge in [-0.2, -0.15) is 0 Å². The summed E-state index contributed by atoms with van der Waals surface area (Å²) in [7, 11) is 1.77. The first-order valence-corrected chi connectivity index (χ1v) is 5.32. The summed E-state index contributed by atoms with van der Waals surface area (Å²) in [6.45, 7) is -0.928. The van der Waals surface area contributed by atoms with Gasteiger partial charge in [-0.25, -0.2) is 14.6 Å². The van der Waals surface area contributed by atoms with Crippen LogP contribution in [0.5, 0.6) is 0 Å². The molecule has 0 aliphatic heterocycles. The molecule has 9 heteroatoms. The third-order valence-electron chi connectivity index (χ3n) is 2.04. The van der Waals surface area contributed by atoms with Gasteiger partial charge in [0.2, 0.25) is 0 Å². The summed E-state index contributed by atoms with van der Waals surface area (Å²) in [6.07, 6.45) is 3.31. The predicted molar refractivity (Wildman–Crippen MR) is 62.0 cm³/mol. The van der Waals surface area contributed by atoms with Crippen LogP contribution in [-0.2, 0) is 27.9 Å². The molecule has 0 aliphatic carbocycles. The number of carboxylic acids is 1. The van der Waals surface area contributed by atoms with E-state index in [-0.39, 0.29) is 6.54 Å². The van der Waals surface area contributed by atoms with E-state index < -0.39 is 31.1 Å². The highest BCUT2D eigenvalue weighted by Crippen LogP contribution is 1.92. The zero-order valence-electron chi connectivity index (χ0n) is 10.3. The highest BCUT2D eigenvalue weighted by atomic mass is 16.5. The Bertz CT molecular complexity index is 470. The molecule has 0 spiro atoms. The second-order valence-corrected chi connectivity index (χ2v) is 3.57. The van der Waals surface area contributed by atoms with E-state index in [4.69, 9.17) is 5.11 Å². The van der Waals surface area contributed by atoms with Gasteiger partial charge in [-0.3, -0.25) is 10.1 Å². The number of aliphatic carboxylic acids is 1. The van der Waals surface area contributed by atoms with Crippen molar-refractivity contribution < 1.29 is 24.2 Å². The predicted octanol–water partition coefficient (Wildman–Crippen LogP) is -1.15. The van der Waals surface area contributed by atoms with E-state index in [1.807, 2.05) is 5.32 Å². The average Bonchev–Trinajstić information content (AvgIpc) is 2.71. The molecule has 0 saturated heterocycles. The number of nitrogens with one attached hydrogen (secondary N) is 2. The normalized spacial score (nSPS) is 9.95. The Kier molecular flexibility index (Phi) is 5.48. The Labute approximate surface area is 108 Å². The average molecular weight is 270 g/mol. The topological polar surface area (TPSA) is 123 Å². The summed E-state index contributed by atoms with van der Waals surface area (Å²) in [5.41, 5.74) is 0. The molecule has 0 aliphatic rings. The first kappa shape index (κ1) is 14.6. The SMILES string of the molecule is Cn1ccnc1CNC(=O)NC(=O)COCC(=O)O. The number of aromatic nitrogens is 2. The van der Waals surface area contributed by atoms with Gasteiger partial charge in [-0.15, -0.1) is 0 Å². The van der Waals surface area contributed by atoms with Crippen LogP contribution in [0.25, 0.3) is 0 Å². The fourth-order valence-corrected chi connectivity index (χ4v) is 1.16. The van der Waals surface area contributed by atoms with Crippen LogP contribution in [0.1, 0.15) is 5.82 Å². The summed E-state index contributed by atoms with van der Waals surface area (Å²) in [5, 5.41) is 12.7. The van der Waals surface area contributed by atoms with Crippen molar-refractivity contribution in [1.82, 2.24) is 20.2 Å². The summed E-state index contributed by atoms with van der Waals surface area (Å²) in [5.74, 6) is -1.28. The van der Waals surface area contributed by atoms with E-state index in [0.717, 1.165) is 0 Å². The van der Waals surface area contributed by atoms with Crippen LogP contribution in [0, 0.1) is 0 Å². The minimum atomic E-state index is -1.19. The third-order valence-corrected chi connectivity index (χ3v) is 2.04. The molecule has 104 valence electrons. The molecular formula is C10H14N4O5. The van der Waals surface area contributed by atoms with Crippen LogP contribution in [0.2, 0.25) is 0 Å². The number of aryl methyl sites for hydroxylation is 1. The van der Waals surface area contributed by atoms with Crippen LogP contribution in [0.3, 0.4) is 0 Å². The van der Waals surface area contributed by atoms with Crippen LogP contribution >= 0.6 is 0 Å². The molecule has 0 aromatic carbocycles. The maximum Gasteiger partial charge on any atom is 0.329 e. The van der Waals surface area contributed by atoms with Gasteiger partial charge in [0.05, 0.1) is 6.54 Å². The number of carbonyl (C=O) groups is 3. The molecular weight excluding hydrogens is 256 g/mol. The van der Waals surface area contributed by atoms with Crippen molar-refractivity contribution in [2.24, 2.45) is 7.05 Å². The van der Waals surface area contributed by atoms with E-state index in [1.165, 1.54) is 0 Å². The molecule has 1 aromatic rings. The van der Waals surface area contributed by atoms with Gasteiger partial charge in [-0.05, 0) is 0 Å². The summed E-state index contributed by atoms with van der Waals surface area (Å²) in [4.78, 5) is 36.6. The number of urea groups is 1. The lowest BCUT2D eigenvalue weighted by Gasteiger charge is -2.06. The maximum absolute atomic E-state index is 11.3. The van der Waals surface area contributed by atoms with Gasteiger partial charge < -0.3 is 19.7 Å². The monoisotopic (exact) mass is 270 g/mol. The molecule has 0 radical (unpaired) electrons. The van der Waals surface area contributed by atoms with Gasteiger partial charge in [0.1, 0.15) is 19.0 Å². The lowest BCUT2D eigenvalue weighted by molar-refractivity contribution is -0.143. The van der Waals surface area contributed by atoms with E-state index >= 15 is 0 Å². The summed E-state index contributed by atoms with van der Waals surface area (Å²) < 4.78 is 6.24. The number of carbonyl (C=O) groups excluding carboxylic acids is 2. The van der Waals surface area contributed by atoms with Gasteiger partial charge >= 0.3 is 12.0 Å². The zero-order valence-corrected chi connectivity index (χ0v) is 10.3. The first-order valence-electron chi connectivity index (χ1n) is 5.32. The van der Waals surface area contributed by atoms with Gasteiger partial charge in [0.25, 0.3) is 5.91 Å². The number of hydrogen-bond donors (Lipinski definition) is 3. The quantitative estimate of drug-likeness (QED) is 0.599. The van der Waals surface area contributed by atoms with Crippen LogP contribution in [0.4, 0.5) is 4.79 Å². The van der Waals surface area contributed by atoms with Crippen LogP contribution in [-0.4, -0.2) is 45.8 Å². The van der Waals surface area contributed by atoms with E-state index in [9.17, 15) is 14.4 Å². The molecule has 0 bridgehead atoms. The number of nitrogens with zero attached hydrogens (tertiary/aromatic N) is 2. The molecule has 0 saturated carbocycles. The smallest absolute Gasteiger partial charge is 0.329 e. The lowest BCUT2D eigenvalue weighted by atomic mass is 10.5. The first-order chi connectivity index (χ1) is 8.99. The number of ether oxygens (including phenoxy) is 1. The molecule has 1 rings (SSSR count). The van der Waals surface area contributed by atoms with Gasteiger partial charge in [0, 0.05) is 19.4 Å². The number of amides is 3. The Morgan fingerprint density at radius 2 is 2.16 bits per heavy atom. The van der Waals surface area contributed by atoms with Crippen molar-refractivity contribution in [2.45, 2.75) is 6.54 Å². The van der Waals surface area contributed by atoms with E-state index in [1.54, 1.807) is 24.0 Å². The van der Waals surface area contributed by atoms with Gasteiger partial charge in [-0.1, -0.05) is 0 Å². The Hall–Kier alpha value is -2.42. The second kappa shape index (κ2) is 7.11. The number of imide groups is 1. The third kappa shape index (κ3) is 5.64. The van der Waals surface area contributed by atoms with Crippen LogP contribution < -0.4 is 10.6 Å². The van der Waals surface area contributed by atoms with Crippen molar-refractivity contribution in [3.05, 3.63) is 18.2 Å². The van der Waals surface area contributed by atoms with Crippen LogP contribution in [0.15, 0.2) is 12.4 Å². The van der Waals surface area contributed by atoms with E-state index in [2.05, 4.69) is 15.0 Å². The molecule has 9 nitrogen and oxygen atoms in total. The fourth-order valence-electron chi connectivity index (χ4n) is 1.16. The minimum absolute atomic E-state index is 0.165. The summed E-state index contributed by atoms with van der Waals surface area (Å²) in [6, 6.07) is -0.702. The van der Waals surface area contributed by atoms with Crippen molar-refractivity contribution in [1.29, 1.82) is 0 Å². The Balaban J connectivity index is 2.22. The zero-order chi connectivity index (χ0) is 14.3. The van der Waals surface area contributed by atoms with Gasteiger partial charge in [0.15, 0.2) is 0 Å². The van der Waals surface area contributed by atoms with Crippen molar-refractivity contribution >= 4 is 17.9 Å². The Morgan fingerprint density at radius 1 is 1.42 bits per heavy atom. The molecule has 1 aromatic heterocycles. The standard InChI is InChI=1S/C10H14N4O5/c1-14-3-2-11-7(14)4-12-10(18)13-8(15)5-19-6-9(16)17/h2-3H,4-6H2,1H3,(H,16,17)(H2,12,13,15,18). The molecule has 0 unspecified atom stereocenters. The second-order valence-electron chi connectivity index (χ2n) is 3.57. The highest BCUT2D eigenvalue weighted by molar-refractivity contribution is 5.94. The molecule has 3 amide bonds. The molecule has 3 N–H and O–H groups in total. The van der Waals surface area contributed by atoms with Crippen molar-refractivity contribution in [3.63, 3.8) is 0 Å². The number of hydrogen-bond acceptors (Lipinski definition) is 5. The highest BCUT2D eigenvalue weighted by Gasteiger charge is 2.09. The number of rotatable bonds is 6. The molecule has 0 atom stereocenters. The maximum atomic E-state index is 11.3. The summed E-state index contributed by atoms with van der Waals surface area (Å²) >= 11 is 0. The minimum Gasteiger partial charge on any atom is -0.480 e. The Morgan fingerprint density at radius 3 is 2.74 bits per heavy atom. The molecule has 1 heterocycles. The fraction of sp³-hybridized carbons (Fsp3) is 0.400.